The van der Waals surface area contributed by atoms with Gasteiger partial charge in [0.15, 0.2) is 0 Å². The molecule has 0 aliphatic rings. The number of carbonyl (C=O) groups is 1. The topological polar surface area (TPSA) is 62.2 Å². The summed E-state index contributed by atoms with van der Waals surface area (Å²) >= 11 is 0. The van der Waals surface area contributed by atoms with Gasteiger partial charge >= 0.3 is 12.1 Å². The second-order valence-electron chi connectivity index (χ2n) is 5.89. The fourth-order valence-electron chi connectivity index (χ4n) is 1.44. The first-order valence-electron chi connectivity index (χ1n) is 6.50. The highest BCUT2D eigenvalue weighted by atomic mass is 19.4. The van der Waals surface area contributed by atoms with Gasteiger partial charge in [0.05, 0.1) is 0 Å². The van der Waals surface area contributed by atoms with Crippen LogP contribution < -0.4 is 5.32 Å². The molecule has 1 aromatic heterocycles. The summed E-state index contributed by atoms with van der Waals surface area (Å²) in [7, 11) is 0. The molecular formula is C14H19F3N2O2. The van der Waals surface area contributed by atoms with Crippen LogP contribution in [0.3, 0.4) is 0 Å². The van der Waals surface area contributed by atoms with Gasteiger partial charge < -0.3 is 10.4 Å². The van der Waals surface area contributed by atoms with Gasteiger partial charge in [-0.2, -0.15) is 13.2 Å². The summed E-state index contributed by atoms with van der Waals surface area (Å²) in [4.78, 5) is 14.5. The highest BCUT2D eigenvalue weighted by molar-refractivity contribution is 5.93. The fourth-order valence-corrected chi connectivity index (χ4v) is 1.44. The summed E-state index contributed by atoms with van der Waals surface area (Å²) in [5.74, 6) is -1.31. The van der Waals surface area contributed by atoms with E-state index in [9.17, 15) is 18.0 Å². The third-order valence-corrected chi connectivity index (χ3v) is 3.69. The van der Waals surface area contributed by atoms with E-state index in [0.717, 1.165) is 6.07 Å². The molecule has 1 heterocycles. The molecule has 0 saturated heterocycles. The standard InChI is InChI=1S/C14H19F3N2O2/c1-8(2)13(3,4)7-18-11-9(12(20)21)5-6-10(19-11)14(15,16)17/h5-6,8H,7H2,1-4H3,(H,18,19)(H,20,21). The van der Waals surface area contributed by atoms with Crippen LogP contribution in [-0.2, 0) is 6.18 Å². The summed E-state index contributed by atoms with van der Waals surface area (Å²) in [5, 5.41) is 11.8. The minimum absolute atomic E-state index is 0.217. The van der Waals surface area contributed by atoms with E-state index in [0.29, 0.717) is 12.6 Å². The molecule has 0 aliphatic carbocycles. The van der Waals surface area contributed by atoms with Gasteiger partial charge in [-0.05, 0) is 23.5 Å². The van der Waals surface area contributed by atoms with Gasteiger partial charge in [-0.25, -0.2) is 9.78 Å². The van der Waals surface area contributed by atoms with Crippen LogP contribution in [0.1, 0.15) is 43.7 Å². The molecule has 0 aromatic carbocycles. The van der Waals surface area contributed by atoms with Crippen LogP contribution in [0.5, 0.6) is 0 Å². The lowest BCUT2D eigenvalue weighted by Gasteiger charge is -2.30. The number of nitrogens with one attached hydrogen (secondary N) is 1. The van der Waals surface area contributed by atoms with E-state index in [1.54, 1.807) is 0 Å². The molecule has 0 bridgehead atoms. The Bertz CT molecular complexity index is 525. The lowest BCUT2D eigenvalue weighted by molar-refractivity contribution is -0.141. The summed E-state index contributed by atoms with van der Waals surface area (Å²) in [5.41, 5.74) is -1.61. The van der Waals surface area contributed by atoms with E-state index in [1.807, 2.05) is 27.7 Å². The van der Waals surface area contributed by atoms with Gasteiger partial charge in [-0.3, -0.25) is 0 Å². The molecule has 21 heavy (non-hydrogen) atoms. The van der Waals surface area contributed by atoms with Crippen molar-refractivity contribution in [2.75, 3.05) is 11.9 Å². The van der Waals surface area contributed by atoms with Crippen molar-refractivity contribution in [2.24, 2.45) is 11.3 Å². The summed E-state index contributed by atoms with van der Waals surface area (Å²) in [6.45, 7) is 8.18. The first-order valence-corrected chi connectivity index (χ1v) is 6.50. The molecule has 7 heteroatoms. The lowest BCUT2D eigenvalue weighted by Crippen LogP contribution is -2.29. The average Bonchev–Trinajstić information content (AvgIpc) is 2.34. The molecule has 0 spiro atoms. The SMILES string of the molecule is CC(C)C(C)(C)CNc1nc(C(F)(F)F)ccc1C(=O)O. The molecule has 1 rings (SSSR count). The molecular weight excluding hydrogens is 285 g/mol. The van der Waals surface area contributed by atoms with Crippen molar-refractivity contribution >= 4 is 11.8 Å². The van der Waals surface area contributed by atoms with Crippen molar-refractivity contribution in [3.05, 3.63) is 23.4 Å². The second kappa shape index (κ2) is 5.91. The number of hydrogen-bond donors (Lipinski definition) is 2. The Balaban J connectivity index is 3.11. The highest BCUT2D eigenvalue weighted by Crippen LogP contribution is 2.31. The van der Waals surface area contributed by atoms with Crippen LogP contribution in [0.25, 0.3) is 0 Å². The molecule has 118 valence electrons. The van der Waals surface area contributed by atoms with Crippen molar-refractivity contribution in [2.45, 2.75) is 33.9 Å². The number of alkyl halides is 3. The number of carboxylic acids is 1. The van der Waals surface area contributed by atoms with Gasteiger partial charge in [0, 0.05) is 6.54 Å². The van der Waals surface area contributed by atoms with Gasteiger partial charge in [-0.1, -0.05) is 27.7 Å². The van der Waals surface area contributed by atoms with Crippen molar-refractivity contribution in [1.82, 2.24) is 4.98 Å². The fraction of sp³-hybridized carbons (Fsp3) is 0.571. The highest BCUT2D eigenvalue weighted by Gasteiger charge is 2.34. The van der Waals surface area contributed by atoms with Gasteiger partial charge in [0.1, 0.15) is 17.1 Å². The second-order valence-corrected chi connectivity index (χ2v) is 5.89. The summed E-state index contributed by atoms with van der Waals surface area (Å²) in [6, 6.07) is 1.59. The molecule has 0 fully saturated rings. The molecule has 0 atom stereocenters. The number of halogens is 3. The Labute approximate surface area is 121 Å². The third-order valence-electron chi connectivity index (χ3n) is 3.69. The van der Waals surface area contributed by atoms with E-state index in [2.05, 4.69) is 10.3 Å². The Hall–Kier alpha value is -1.79. The van der Waals surface area contributed by atoms with Crippen molar-refractivity contribution < 1.29 is 23.1 Å². The Kier molecular flexibility index (Phi) is 4.86. The first-order chi connectivity index (χ1) is 9.45. The largest absolute Gasteiger partial charge is 0.478 e. The van der Waals surface area contributed by atoms with Crippen molar-refractivity contribution in [1.29, 1.82) is 0 Å². The molecule has 0 aliphatic heterocycles. The summed E-state index contributed by atoms with van der Waals surface area (Å²) < 4.78 is 38.0. The van der Waals surface area contributed by atoms with Crippen LogP contribution >= 0.6 is 0 Å². The number of anilines is 1. The molecule has 1 aromatic rings. The molecule has 0 unspecified atom stereocenters. The minimum atomic E-state index is -4.61. The molecule has 2 N–H and O–H groups in total. The van der Waals surface area contributed by atoms with Gasteiger partial charge in [-0.15, -0.1) is 0 Å². The zero-order valence-electron chi connectivity index (χ0n) is 12.4. The van der Waals surface area contributed by atoms with E-state index in [1.165, 1.54) is 0 Å². The van der Waals surface area contributed by atoms with Gasteiger partial charge in [0.2, 0.25) is 0 Å². The molecule has 0 amide bonds. The van der Waals surface area contributed by atoms with Crippen LogP contribution in [0.4, 0.5) is 19.0 Å². The summed E-state index contributed by atoms with van der Waals surface area (Å²) in [6.07, 6.45) is -4.61. The number of aromatic carboxylic acids is 1. The zero-order chi connectivity index (χ0) is 16.4. The van der Waals surface area contributed by atoms with Crippen LogP contribution in [0.15, 0.2) is 12.1 Å². The predicted octanol–water partition coefficient (Wildman–Crippen LogP) is 3.89. The normalized spacial score (nSPS) is 12.6. The predicted molar refractivity (Wildman–Crippen MR) is 73.3 cm³/mol. The number of pyridine rings is 1. The lowest BCUT2D eigenvalue weighted by atomic mass is 9.81. The molecule has 0 saturated carbocycles. The van der Waals surface area contributed by atoms with E-state index in [-0.39, 0.29) is 22.7 Å². The van der Waals surface area contributed by atoms with E-state index < -0.39 is 17.8 Å². The van der Waals surface area contributed by atoms with Crippen molar-refractivity contribution in [3.63, 3.8) is 0 Å². The third kappa shape index (κ3) is 4.34. The number of aromatic nitrogens is 1. The quantitative estimate of drug-likeness (QED) is 0.866. The maximum atomic E-state index is 12.7. The van der Waals surface area contributed by atoms with Crippen LogP contribution in [0, 0.1) is 11.3 Å². The number of nitrogens with zero attached hydrogens (tertiary/aromatic N) is 1. The van der Waals surface area contributed by atoms with E-state index >= 15 is 0 Å². The average molecular weight is 304 g/mol. The Morgan fingerprint density at radius 1 is 1.33 bits per heavy atom. The minimum Gasteiger partial charge on any atom is -0.478 e. The molecule has 0 radical (unpaired) electrons. The van der Waals surface area contributed by atoms with Crippen LogP contribution in [-0.4, -0.2) is 22.6 Å². The van der Waals surface area contributed by atoms with Gasteiger partial charge in [0.25, 0.3) is 0 Å². The first kappa shape index (κ1) is 17.3. The Morgan fingerprint density at radius 3 is 2.33 bits per heavy atom. The molecule has 4 nitrogen and oxygen atoms in total. The maximum absolute atomic E-state index is 12.7. The number of rotatable bonds is 5. The monoisotopic (exact) mass is 304 g/mol. The van der Waals surface area contributed by atoms with Crippen molar-refractivity contribution in [3.8, 4) is 0 Å². The smallest absolute Gasteiger partial charge is 0.433 e. The maximum Gasteiger partial charge on any atom is 0.433 e. The number of hydrogen-bond acceptors (Lipinski definition) is 3. The number of carboxylic acid groups (broad SMARTS) is 1. The zero-order valence-corrected chi connectivity index (χ0v) is 12.4. The Morgan fingerprint density at radius 2 is 1.90 bits per heavy atom. The van der Waals surface area contributed by atoms with Crippen LogP contribution in [0.2, 0.25) is 0 Å². The van der Waals surface area contributed by atoms with E-state index in [4.69, 9.17) is 5.11 Å².